The van der Waals surface area contributed by atoms with Gasteiger partial charge in [-0.1, -0.05) is 13.8 Å². The Morgan fingerprint density at radius 2 is 1.71 bits per heavy atom. The van der Waals surface area contributed by atoms with Crippen molar-refractivity contribution < 1.29 is 9.59 Å². The third kappa shape index (κ3) is 3.57. The normalized spacial score (nSPS) is 12.2. The zero-order valence-corrected chi connectivity index (χ0v) is 9.94. The van der Waals surface area contributed by atoms with Crippen molar-refractivity contribution in [1.82, 2.24) is 0 Å². The van der Waals surface area contributed by atoms with E-state index in [0.717, 1.165) is 0 Å². The largest absolute Gasteiger partial charge is 0.366 e. The van der Waals surface area contributed by atoms with Gasteiger partial charge in [0.15, 0.2) is 0 Å². The predicted octanol–water partition coefficient (Wildman–Crippen LogP) is 0.707. The van der Waals surface area contributed by atoms with Gasteiger partial charge in [0.25, 0.3) is 0 Å². The first kappa shape index (κ1) is 13.2. The molecule has 1 unspecified atom stereocenters. The van der Waals surface area contributed by atoms with Crippen LogP contribution in [0.15, 0.2) is 24.3 Å². The number of amides is 2. The highest BCUT2D eigenvalue weighted by atomic mass is 16.2. The van der Waals surface area contributed by atoms with Crippen LogP contribution in [0.1, 0.15) is 24.2 Å². The number of nitrogens with two attached hydrogens (primary N) is 2. The second-order valence-electron chi connectivity index (χ2n) is 4.20. The first-order valence-electron chi connectivity index (χ1n) is 5.38. The van der Waals surface area contributed by atoms with Crippen molar-refractivity contribution in [2.24, 2.45) is 17.4 Å². The molecule has 0 radical (unpaired) electrons. The quantitative estimate of drug-likeness (QED) is 0.716. The fourth-order valence-corrected chi connectivity index (χ4v) is 1.25. The highest BCUT2D eigenvalue weighted by Crippen LogP contribution is 2.10. The molecule has 5 nitrogen and oxygen atoms in total. The summed E-state index contributed by atoms with van der Waals surface area (Å²) in [6.45, 7) is 3.75. The number of benzene rings is 1. The van der Waals surface area contributed by atoms with Gasteiger partial charge in [-0.3, -0.25) is 9.59 Å². The van der Waals surface area contributed by atoms with Gasteiger partial charge < -0.3 is 16.8 Å². The molecule has 17 heavy (non-hydrogen) atoms. The Bertz CT molecular complexity index is 412. The number of carbonyl (C=O) groups excluding carboxylic acids is 2. The maximum absolute atomic E-state index is 11.6. The van der Waals surface area contributed by atoms with Crippen LogP contribution >= 0.6 is 0 Å². The summed E-state index contributed by atoms with van der Waals surface area (Å²) in [6.07, 6.45) is 0. The molecule has 0 spiro atoms. The van der Waals surface area contributed by atoms with Crippen molar-refractivity contribution in [1.29, 1.82) is 0 Å². The Morgan fingerprint density at radius 3 is 2.12 bits per heavy atom. The van der Waals surface area contributed by atoms with Gasteiger partial charge in [-0.05, 0) is 30.2 Å². The fraction of sp³-hybridized carbons (Fsp3) is 0.333. The number of primary amides is 1. The van der Waals surface area contributed by atoms with Gasteiger partial charge in [-0.2, -0.15) is 0 Å². The van der Waals surface area contributed by atoms with Gasteiger partial charge in [0.05, 0.1) is 6.04 Å². The van der Waals surface area contributed by atoms with E-state index in [2.05, 4.69) is 5.32 Å². The lowest BCUT2D eigenvalue weighted by atomic mass is 10.0. The number of rotatable bonds is 4. The summed E-state index contributed by atoms with van der Waals surface area (Å²) in [5, 5.41) is 2.67. The Labute approximate surface area is 100 Å². The summed E-state index contributed by atoms with van der Waals surface area (Å²) in [4.78, 5) is 22.5. The summed E-state index contributed by atoms with van der Waals surface area (Å²) in [5.74, 6) is -0.673. The van der Waals surface area contributed by atoms with E-state index < -0.39 is 11.9 Å². The van der Waals surface area contributed by atoms with Crippen molar-refractivity contribution in [3.05, 3.63) is 29.8 Å². The van der Waals surface area contributed by atoms with E-state index in [1.165, 1.54) is 0 Å². The fourth-order valence-electron chi connectivity index (χ4n) is 1.25. The molecule has 0 aliphatic heterocycles. The van der Waals surface area contributed by atoms with Crippen molar-refractivity contribution in [3.63, 3.8) is 0 Å². The molecule has 0 bridgehead atoms. The second-order valence-corrected chi connectivity index (χ2v) is 4.20. The van der Waals surface area contributed by atoms with Crippen LogP contribution in [0, 0.1) is 5.92 Å². The number of nitrogens with one attached hydrogen (secondary N) is 1. The van der Waals surface area contributed by atoms with E-state index in [-0.39, 0.29) is 11.8 Å². The van der Waals surface area contributed by atoms with E-state index in [1.807, 2.05) is 13.8 Å². The van der Waals surface area contributed by atoms with E-state index >= 15 is 0 Å². The molecule has 5 N–H and O–H groups in total. The molecule has 1 aromatic rings. The van der Waals surface area contributed by atoms with Gasteiger partial charge in [0.1, 0.15) is 0 Å². The van der Waals surface area contributed by atoms with E-state index in [1.54, 1.807) is 24.3 Å². The van der Waals surface area contributed by atoms with Crippen LogP contribution in [0.25, 0.3) is 0 Å². The molecule has 2 amide bonds. The molecule has 0 aliphatic rings. The van der Waals surface area contributed by atoms with E-state index in [4.69, 9.17) is 11.5 Å². The molecular formula is C12H17N3O2. The summed E-state index contributed by atoms with van der Waals surface area (Å²) >= 11 is 0. The van der Waals surface area contributed by atoms with Crippen LogP contribution in [0.3, 0.4) is 0 Å². The zero-order valence-electron chi connectivity index (χ0n) is 9.94. The van der Waals surface area contributed by atoms with Crippen molar-refractivity contribution >= 4 is 17.5 Å². The molecule has 1 atom stereocenters. The summed E-state index contributed by atoms with van der Waals surface area (Å²) in [6, 6.07) is 5.79. The van der Waals surface area contributed by atoms with Crippen molar-refractivity contribution in [2.75, 3.05) is 5.32 Å². The summed E-state index contributed by atoms with van der Waals surface area (Å²) < 4.78 is 0. The molecule has 1 aromatic carbocycles. The van der Waals surface area contributed by atoms with E-state index in [9.17, 15) is 9.59 Å². The first-order chi connectivity index (χ1) is 7.91. The molecular weight excluding hydrogens is 218 g/mol. The Kier molecular flexibility index (Phi) is 4.23. The topological polar surface area (TPSA) is 98.2 Å². The molecule has 0 saturated heterocycles. The molecule has 1 rings (SSSR count). The lowest BCUT2D eigenvalue weighted by molar-refractivity contribution is -0.118. The maximum Gasteiger partial charge on any atom is 0.248 e. The van der Waals surface area contributed by atoms with Crippen LogP contribution in [0.5, 0.6) is 0 Å². The molecule has 0 aromatic heterocycles. The highest BCUT2D eigenvalue weighted by Gasteiger charge is 2.17. The number of anilines is 1. The van der Waals surface area contributed by atoms with Gasteiger partial charge in [0, 0.05) is 11.3 Å². The maximum atomic E-state index is 11.6. The minimum atomic E-state index is -0.550. The standard InChI is InChI=1S/C12H17N3O2/c1-7(2)10(13)12(17)15-9-5-3-8(4-6-9)11(14)16/h3-7,10H,13H2,1-2H3,(H2,14,16)(H,15,17). The smallest absolute Gasteiger partial charge is 0.248 e. The number of hydrogen-bond donors (Lipinski definition) is 3. The molecule has 0 heterocycles. The second kappa shape index (κ2) is 5.45. The van der Waals surface area contributed by atoms with Gasteiger partial charge in [0.2, 0.25) is 11.8 Å². The monoisotopic (exact) mass is 235 g/mol. The summed E-state index contributed by atoms with van der Waals surface area (Å²) in [7, 11) is 0. The Balaban J connectivity index is 2.70. The number of hydrogen-bond acceptors (Lipinski definition) is 3. The highest BCUT2D eigenvalue weighted by molar-refractivity contribution is 5.96. The van der Waals surface area contributed by atoms with Crippen LogP contribution in [0.2, 0.25) is 0 Å². The van der Waals surface area contributed by atoms with Crippen molar-refractivity contribution in [2.45, 2.75) is 19.9 Å². The Hall–Kier alpha value is -1.88. The van der Waals surface area contributed by atoms with Crippen LogP contribution < -0.4 is 16.8 Å². The third-order valence-corrected chi connectivity index (χ3v) is 2.46. The Morgan fingerprint density at radius 1 is 1.18 bits per heavy atom. The predicted molar refractivity (Wildman–Crippen MR) is 66.4 cm³/mol. The third-order valence-electron chi connectivity index (χ3n) is 2.46. The molecule has 0 saturated carbocycles. The zero-order chi connectivity index (χ0) is 13.0. The lowest BCUT2D eigenvalue weighted by Crippen LogP contribution is -2.39. The van der Waals surface area contributed by atoms with Crippen molar-refractivity contribution in [3.8, 4) is 0 Å². The molecule has 0 aliphatic carbocycles. The minimum Gasteiger partial charge on any atom is -0.366 e. The van der Waals surface area contributed by atoms with Gasteiger partial charge in [-0.25, -0.2) is 0 Å². The molecule has 5 heteroatoms. The van der Waals surface area contributed by atoms with Gasteiger partial charge in [-0.15, -0.1) is 0 Å². The first-order valence-corrected chi connectivity index (χ1v) is 5.38. The lowest BCUT2D eigenvalue weighted by Gasteiger charge is -2.15. The van der Waals surface area contributed by atoms with Crippen LogP contribution in [-0.4, -0.2) is 17.9 Å². The average Bonchev–Trinajstić information content (AvgIpc) is 2.28. The SMILES string of the molecule is CC(C)C(N)C(=O)Nc1ccc(C(N)=O)cc1. The van der Waals surface area contributed by atoms with E-state index in [0.29, 0.717) is 11.3 Å². The van der Waals surface area contributed by atoms with Gasteiger partial charge >= 0.3 is 0 Å². The van der Waals surface area contributed by atoms with Crippen LogP contribution in [-0.2, 0) is 4.79 Å². The molecule has 92 valence electrons. The number of carbonyl (C=O) groups is 2. The molecule has 0 fully saturated rings. The average molecular weight is 235 g/mol. The minimum absolute atomic E-state index is 0.0693. The summed E-state index contributed by atoms with van der Waals surface area (Å²) in [5.41, 5.74) is 11.8. The van der Waals surface area contributed by atoms with Crippen LogP contribution in [0.4, 0.5) is 5.69 Å².